The van der Waals surface area contributed by atoms with E-state index in [9.17, 15) is 5.11 Å². The van der Waals surface area contributed by atoms with Crippen LogP contribution in [0.15, 0.2) is 0 Å². The zero-order valence-corrected chi connectivity index (χ0v) is 8.50. The highest BCUT2D eigenvalue weighted by Gasteiger charge is 2.43. The van der Waals surface area contributed by atoms with Gasteiger partial charge in [0.2, 0.25) is 0 Å². The van der Waals surface area contributed by atoms with E-state index >= 15 is 0 Å². The Morgan fingerprint density at radius 3 is 2.92 bits per heavy atom. The third-order valence-electron chi connectivity index (χ3n) is 4.26. The first kappa shape index (κ1) is 9.47. The van der Waals surface area contributed by atoms with Crippen molar-refractivity contribution in [1.29, 1.82) is 0 Å². The van der Waals surface area contributed by atoms with Gasteiger partial charge in [-0.2, -0.15) is 0 Å². The molecule has 0 spiro atoms. The highest BCUT2D eigenvalue weighted by Crippen LogP contribution is 2.49. The Kier molecular flexibility index (Phi) is 2.37. The molecule has 0 aromatic rings. The minimum Gasteiger partial charge on any atom is -0.391 e. The van der Waals surface area contributed by atoms with Crippen LogP contribution >= 0.6 is 0 Å². The molecule has 3 N–H and O–H groups in total. The maximum absolute atomic E-state index is 9.76. The molecule has 2 aliphatic carbocycles. The van der Waals surface area contributed by atoms with Gasteiger partial charge in [-0.3, -0.25) is 0 Å². The Morgan fingerprint density at radius 2 is 2.15 bits per heavy atom. The molecule has 2 heteroatoms. The lowest BCUT2D eigenvalue weighted by atomic mass is 9.59. The second-order valence-corrected chi connectivity index (χ2v) is 5.27. The summed E-state index contributed by atoms with van der Waals surface area (Å²) in [4.78, 5) is 0. The van der Waals surface area contributed by atoms with Gasteiger partial charge in [0.25, 0.3) is 0 Å². The van der Waals surface area contributed by atoms with E-state index < -0.39 is 0 Å². The first-order valence-corrected chi connectivity index (χ1v) is 5.55. The first-order valence-electron chi connectivity index (χ1n) is 5.55. The van der Waals surface area contributed by atoms with E-state index in [0.29, 0.717) is 5.41 Å². The van der Waals surface area contributed by atoms with Crippen LogP contribution in [0.2, 0.25) is 0 Å². The van der Waals surface area contributed by atoms with E-state index in [1.807, 2.05) is 0 Å². The summed E-state index contributed by atoms with van der Waals surface area (Å²) in [5, 5.41) is 9.76. The third kappa shape index (κ3) is 1.62. The molecule has 2 rings (SSSR count). The molecule has 0 radical (unpaired) electrons. The van der Waals surface area contributed by atoms with Crippen LogP contribution in [0.5, 0.6) is 0 Å². The van der Waals surface area contributed by atoms with Crippen LogP contribution in [0.4, 0.5) is 0 Å². The summed E-state index contributed by atoms with van der Waals surface area (Å²) in [6, 6.07) is 0.0381. The molecular weight excluding hydrogens is 162 g/mol. The van der Waals surface area contributed by atoms with Gasteiger partial charge in [0, 0.05) is 6.04 Å². The summed E-state index contributed by atoms with van der Waals surface area (Å²) in [5.41, 5.74) is 6.29. The Labute approximate surface area is 80.5 Å². The van der Waals surface area contributed by atoms with Crippen molar-refractivity contribution in [3.63, 3.8) is 0 Å². The number of aliphatic hydroxyl groups is 1. The fourth-order valence-corrected chi connectivity index (χ4v) is 3.26. The normalized spacial score (nSPS) is 51.5. The summed E-state index contributed by atoms with van der Waals surface area (Å²) in [6.45, 7) is 2.34. The number of hydrogen-bond acceptors (Lipinski definition) is 2. The zero-order chi connectivity index (χ0) is 9.47. The topological polar surface area (TPSA) is 46.2 Å². The summed E-state index contributed by atoms with van der Waals surface area (Å²) >= 11 is 0. The van der Waals surface area contributed by atoms with Gasteiger partial charge in [0.15, 0.2) is 0 Å². The maximum Gasteiger partial charge on any atom is 0.0696 e. The molecule has 0 unspecified atom stereocenters. The van der Waals surface area contributed by atoms with Crippen molar-refractivity contribution >= 4 is 0 Å². The minimum atomic E-state index is -0.251. The molecule has 2 saturated carbocycles. The average molecular weight is 183 g/mol. The van der Waals surface area contributed by atoms with Crippen molar-refractivity contribution in [3.8, 4) is 0 Å². The molecule has 0 amide bonds. The Hall–Kier alpha value is -0.0800. The van der Waals surface area contributed by atoms with Gasteiger partial charge in [0.1, 0.15) is 0 Å². The molecular formula is C11H21NO. The van der Waals surface area contributed by atoms with Gasteiger partial charge < -0.3 is 10.8 Å². The van der Waals surface area contributed by atoms with Gasteiger partial charge >= 0.3 is 0 Å². The van der Waals surface area contributed by atoms with Gasteiger partial charge in [-0.25, -0.2) is 0 Å². The van der Waals surface area contributed by atoms with E-state index in [0.717, 1.165) is 18.8 Å². The molecule has 2 aliphatic rings. The number of rotatable bonds is 0. The summed E-state index contributed by atoms with van der Waals surface area (Å²) < 4.78 is 0. The lowest BCUT2D eigenvalue weighted by molar-refractivity contribution is -0.0260. The van der Waals surface area contributed by atoms with Crippen molar-refractivity contribution in [2.24, 2.45) is 17.1 Å². The van der Waals surface area contributed by atoms with Gasteiger partial charge in [0.05, 0.1) is 6.10 Å². The number of nitrogens with two attached hydrogens (primary N) is 1. The number of aliphatic hydroxyl groups excluding tert-OH is 1. The zero-order valence-electron chi connectivity index (χ0n) is 8.50. The minimum absolute atomic E-state index is 0.0381. The molecule has 0 saturated heterocycles. The molecule has 0 aromatic carbocycles. The van der Waals surface area contributed by atoms with E-state index in [4.69, 9.17) is 5.73 Å². The molecule has 4 atom stereocenters. The number of fused-ring (bicyclic) bond motifs is 1. The fourth-order valence-electron chi connectivity index (χ4n) is 3.26. The van der Waals surface area contributed by atoms with Crippen LogP contribution in [0.3, 0.4) is 0 Å². The predicted octanol–water partition coefficient (Wildman–Crippen LogP) is 1.66. The SMILES string of the molecule is C[C@]12CCCC[C@@H]1C[C@H](N)[C@H](O)C2. The summed E-state index contributed by atoms with van der Waals surface area (Å²) in [6.07, 6.45) is 7.05. The van der Waals surface area contributed by atoms with Crippen molar-refractivity contribution < 1.29 is 5.11 Å². The number of hydrogen-bond donors (Lipinski definition) is 2. The van der Waals surface area contributed by atoms with Crippen LogP contribution in [0.25, 0.3) is 0 Å². The van der Waals surface area contributed by atoms with Gasteiger partial charge in [-0.05, 0) is 37.0 Å². The molecule has 0 aliphatic heterocycles. The monoisotopic (exact) mass is 183 g/mol. The van der Waals surface area contributed by atoms with Crippen LogP contribution in [0, 0.1) is 11.3 Å². The fraction of sp³-hybridized carbons (Fsp3) is 1.00. The quantitative estimate of drug-likeness (QED) is 0.600. The average Bonchev–Trinajstić information content (AvgIpc) is 2.07. The molecule has 76 valence electrons. The van der Waals surface area contributed by atoms with Crippen LogP contribution in [-0.4, -0.2) is 17.3 Å². The molecule has 2 nitrogen and oxygen atoms in total. The van der Waals surface area contributed by atoms with Crippen LogP contribution in [0.1, 0.15) is 45.4 Å². The first-order chi connectivity index (χ1) is 6.12. The summed E-state index contributed by atoms with van der Waals surface area (Å²) in [5.74, 6) is 0.777. The Bertz CT molecular complexity index is 195. The maximum atomic E-state index is 9.76. The second kappa shape index (κ2) is 3.25. The highest BCUT2D eigenvalue weighted by atomic mass is 16.3. The molecule has 2 fully saturated rings. The lowest BCUT2D eigenvalue weighted by Gasteiger charge is -2.48. The van der Waals surface area contributed by atoms with E-state index in [2.05, 4.69) is 6.92 Å². The third-order valence-corrected chi connectivity index (χ3v) is 4.26. The molecule has 0 bridgehead atoms. The van der Waals surface area contributed by atoms with Crippen LogP contribution in [-0.2, 0) is 0 Å². The standard InChI is InChI=1S/C11H21NO/c1-11-5-3-2-4-8(11)6-9(12)10(13)7-11/h8-10,13H,2-7,12H2,1H3/t8-,9+,10-,11-/m1/s1. The molecule has 0 aromatic heterocycles. The Balaban J connectivity index is 2.10. The highest BCUT2D eigenvalue weighted by molar-refractivity contribution is 4.96. The van der Waals surface area contributed by atoms with Crippen LogP contribution < -0.4 is 5.73 Å². The van der Waals surface area contributed by atoms with E-state index in [1.54, 1.807) is 0 Å². The van der Waals surface area contributed by atoms with Crippen molar-refractivity contribution in [1.82, 2.24) is 0 Å². The Morgan fingerprint density at radius 1 is 1.38 bits per heavy atom. The van der Waals surface area contributed by atoms with Crippen molar-refractivity contribution in [3.05, 3.63) is 0 Å². The lowest BCUT2D eigenvalue weighted by Crippen LogP contribution is -2.49. The van der Waals surface area contributed by atoms with Gasteiger partial charge in [-0.15, -0.1) is 0 Å². The predicted molar refractivity (Wildman–Crippen MR) is 53.3 cm³/mol. The summed E-state index contributed by atoms with van der Waals surface area (Å²) in [7, 11) is 0. The molecule has 13 heavy (non-hydrogen) atoms. The second-order valence-electron chi connectivity index (χ2n) is 5.27. The van der Waals surface area contributed by atoms with E-state index in [-0.39, 0.29) is 12.1 Å². The molecule has 0 heterocycles. The van der Waals surface area contributed by atoms with Crippen molar-refractivity contribution in [2.45, 2.75) is 57.6 Å². The smallest absolute Gasteiger partial charge is 0.0696 e. The van der Waals surface area contributed by atoms with Gasteiger partial charge in [-0.1, -0.05) is 19.8 Å². The van der Waals surface area contributed by atoms with E-state index in [1.165, 1.54) is 25.7 Å². The van der Waals surface area contributed by atoms with Crippen molar-refractivity contribution in [2.75, 3.05) is 0 Å². The largest absolute Gasteiger partial charge is 0.391 e.